The van der Waals surface area contributed by atoms with Gasteiger partial charge in [0.2, 0.25) is 5.91 Å². The van der Waals surface area contributed by atoms with Crippen LogP contribution in [0.1, 0.15) is 49.3 Å². The average molecular weight is 492 g/mol. The first-order chi connectivity index (χ1) is 17.4. The normalized spacial score (nSPS) is 13.9. The van der Waals surface area contributed by atoms with Crippen molar-refractivity contribution in [2.75, 3.05) is 19.5 Å². The number of aromatic nitrogens is 3. The third kappa shape index (κ3) is 5.67. The molecule has 4 rings (SSSR count). The van der Waals surface area contributed by atoms with E-state index in [2.05, 4.69) is 25.4 Å². The number of hydrogen-bond donors (Lipinski definition) is 2. The number of anilines is 1. The first kappa shape index (κ1) is 25.2. The van der Waals surface area contributed by atoms with Crippen molar-refractivity contribution < 1.29 is 19.1 Å². The largest absolute Gasteiger partial charge is 0.497 e. The molecule has 190 valence electrons. The standard InChI is InChI=1S/C27H33N5O4/c1-17(2)24(29-26(33)19-14-21(35-3)16-22(15-19)36-4)27(34)28-20-11-9-18(10-12-20)25-31-30-23-8-6-5-7-13-32(23)25/h9-12,14-17,24H,5-8,13H2,1-4H3,(H,28,34)(H,29,33)/t24-/m1/s1. The van der Waals surface area contributed by atoms with Crippen LogP contribution in [0.25, 0.3) is 11.4 Å². The van der Waals surface area contributed by atoms with E-state index in [0.717, 1.165) is 43.0 Å². The molecule has 0 unspecified atom stereocenters. The maximum Gasteiger partial charge on any atom is 0.252 e. The number of amides is 2. The van der Waals surface area contributed by atoms with Gasteiger partial charge in [-0.1, -0.05) is 20.3 Å². The minimum atomic E-state index is -0.735. The average Bonchev–Trinajstić information content (AvgIpc) is 3.14. The Morgan fingerprint density at radius 2 is 1.64 bits per heavy atom. The lowest BCUT2D eigenvalue weighted by atomic mass is 10.0. The second-order valence-electron chi connectivity index (χ2n) is 9.27. The summed E-state index contributed by atoms with van der Waals surface area (Å²) >= 11 is 0. The van der Waals surface area contributed by atoms with E-state index in [0.29, 0.717) is 22.7 Å². The highest BCUT2D eigenvalue weighted by atomic mass is 16.5. The topological polar surface area (TPSA) is 107 Å². The minimum absolute atomic E-state index is 0.132. The number of carbonyl (C=O) groups is 2. The summed E-state index contributed by atoms with van der Waals surface area (Å²) in [6.45, 7) is 4.69. The second-order valence-corrected chi connectivity index (χ2v) is 9.27. The number of benzene rings is 2. The highest BCUT2D eigenvalue weighted by molar-refractivity contribution is 6.01. The van der Waals surface area contributed by atoms with Gasteiger partial charge in [-0.25, -0.2) is 0 Å². The Bertz CT molecular complexity index is 1200. The SMILES string of the molecule is COc1cc(OC)cc(C(=O)N[C@@H](C(=O)Nc2ccc(-c3nnc4n3CCCCC4)cc2)C(C)C)c1. The van der Waals surface area contributed by atoms with Gasteiger partial charge >= 0.3 is 0 Å². The number of rotatable bonds is 8. The fourth-order valence-electron chi connectivity index (χ4n) is 4.32. The zero-order chi connectivity index (χ0) is 25.7. The Morgan fingerprint density at radius 1 is 0.944 bits per heavy atom. The zero-order valence-corrected chi connectivity index (χ0v) is 21.2. The van der Waals surface area contributed by atoms with Crippen molar-refractivity contribution in [3.63, 3.8) is 0 Å². The number of nitrogens with zero attached hydrogens (tertiary/aromatic N) is 3. The summed E-state index contributed by atoms with van der Waals surface area (Å²) in [4.78, 5) is 26.1. The molecule has 1 aliphatic rings. The van der Waals surface area contributed by atoms with E-state index >= 15 is 0 Å². The van der Waals surface area contributed by atoms with Crippen molar-refractivity contribution in [3.05, 3.63) is 53.9 Å². The number of nitrogens with one attached hydrogen (secondary N) is 2. The van der Waals surface area contributed by atoms with Crippen molar-refractivity contribution in [2.24, 2.45) is 5.92 Å². The molecular weight excluding hydrogens is 458 g/mol. The first-order valence-electron chi connectivity index (χ1n) is 12.3. The molecule has 0 bridgehead atoms. The Balaban J connectivity index is 1.45. The molecule has 1 aliphatic heterocycles. The maximum absolute atomic E-state index is 13.1. The number of fused-ring (bicyclic) bond motifs is 1. The lowest BCUT2D eigenvalue weighted by Crippen LogP contribution is -2.47. The highest BCUT2D eigenvalue weighted by Gasteiger charge is 2.25. The fourth-order valence-corrected chi connectivity index (χ4v) is 4.32. The molecule has 0 radical (unpaired) electrons. The third-order valence-corrected chi connectivity index (χ3v) is 6.37. The van der Waals surface area contributed by atoms with Crippen molar-refractivity contribution in [2.45, 2.75) is 52.1 Å². The van der Waals surface area contributed by atoms with E-state index in [4.69, 9.17) is 9.47 Å². The van der Waals surface area contributed by atoms with Crippen LogP contribution in [-0.4, -0.2) is 46.8 Å². The second kappa shape index (κ2) is 11.2. The van der Waals surface area contributed by atoms with E-state index in [1.807, 2.05) is 38.1 Å². The van der Waals surface area contributed by atoms with Crippen molar-refractivity contribution in [1.29, 1.82) is 0 Å². The van der Waals surface area contributed by atoms with E-state index in [1.165, 1.54) is 20.6 Å². The molecule has 0 spiro atoms. The predicted molar refractivity (Wildman–Crippen MR) is 137 cm³/mol. The summed E-state index contributed by atoms with van der Waals surface area (Å²) < 4.78 is 12.7. The number of carbonyl (C=O) groups excluding carboxylic acids is 2. The third-order valence-electron chi connectivity index (χ3n) is 6.37. The molecule has 2 amide bonds. The first-order valence-corrected chi connectivity index (χ1v) is 12.3. The van der Waals surface area contributed by atoms with Crippen LogP contribution in [0.15, 0.2) is 42.5 Å². The van der Waals surface area contributed by atoms with Gasteiger partial charge in [0.25, 0.3) is 5.91 Å². The molecule has 2 heterocycles. The van der Waals surface area contributed by atoms with Crippen LogP contribution < -0.4 is 20.1 Å². The summed E-state index contributed by atoms with van der Waals surface area (Å²) in [5.74, 6) is 2.06. The summed E-state index contributed by atoms with van der Waals surface area (Å²) in [6, 6.07) is 11.7. The smallest absolute Gasteiger partial charge is 0.252 e. The van der Waals surface area contributed by atoms with Gasteiger partial charge in [-0.15, -0.1) is 10.2 Å². The number of aryl methyl sites for hydroxylation is 1. The van der Waals surface area contributed by atoms with E-state index in [-0.39, 0.29) is 17.7 Å². The molecule has 2 N–H and O–H groups in total. The Morgan fingerprint density at radius 3 is 2.28 bits per heavy atom. The van der Waals surface area contributed by atoms with Gasteiger partial charge in [-0.3, -0.25) is 9.59 Å². The number of hydrogen-bond acceptors (Lipinski definition) is 6. The van der Waals surface area contributed by atoms with Gasteiger partial charge in [0, 0.05) is 35.8 Å². The van der Waals surface area contributed by atoms with Gasteiger partial charge in [-0.05, 0) is 55.2 Å². The van der Waals surface area contributed by atoms with Gasteiger partial charge < -0.3 is 24.7 Å². The maximum atomic E-state index is 13.1. The lowest BCUT2D eigenvalue weighted by molar-refractivity contribution is -0.118. The molecule has 0 aliphatic carbocycles. The molecule has 0 saturated heterocycles. The molecule has 2 aromatic carbocycles. The summed E-state index contributed by atoms with van der Waals surface area (Å²) in [6.07, 6.45) is 4.41. The molecule has 0 saturated carbocycles. The van der Waals surface area contributed by atoms with Gasteiger partial charge in [0.1, 0.15) is 23.4 Å². The summed E-state index contributed by atoms with van der Waals surface area (Å²) in [5.41, 5.74) is 1.94. The molecule has 9 heteroatoms. The van der Waals surface area contributed by atoms with Gasteiger partial charge in [-0.2, -0.15) is 0 Å². The van der Waals surface area contributed by atoms with Crippen molar-refractivity contribution in [1.82, 2.24) is 20.1 Å². The highest BCUT2D eigenvalue weighted by Crippen LogP contribution is 2.25. The molecule has 36 heavy (non-hydrogen) atoms. The van der Waals surface area contributed by atoms with Crippen molar-refractivity contribution >= 4 is 17.5 Å². The number of ether oxygens (including phenoxy) is 2. The van der Waals surface area contributed by atoms with E-state index in [1.54, 1.807) is 18.2 Å². The predicted octanol–water partition coefficient (Wildman–Crippen LogP) is 4.08. The molecule has 1 atom stereocenters. The summed E-state index contributed by atoms with van der Waals surface area (Å²) in [7, 11) is 3.04. The van der Waals surface area contributed by atoms with Crippen LogP contribution in [-0.2, 0) is 17.8 Å². The van der Waals surface area contributed by atoms with Crippen LogP contribution in [0.3, 0.4) is 0 Å². The van der Waals surface area contributed by atoms with E-state index in [9.17, 15) is 9.59 Å². The molecular formula is C27H33N5O4. The van der Waals surface area contributed by atoms with Crippen molar-refractivity contribution in [3.8, 4) is 22.9 Å². The molecule has 9 nitrogen and oxygen atoms in total. The molecule has 3 aromatic rings. The quantitative estimate of drug-likeness (QED) is 0.492. The Kier molecular flexibility index (Phi) is 7.87. The van der Waals surface area contributed by atoms with Crippen LogP contribution >= 0.6 is 0 Å². The van der Waals surface area contributed by atoms with E-state index < -0.39 is 6.04 Å². The van der Waals surface area contributed by atoms with Crippen LogP contribution in [0.4, 0.5) is 5.69 Å². The molecule has 1 aromatic heterocycles. The lowest BCUT2D eigenvalue weighted by Gasteiger charge is -2.22. The Hall–Kier alpha value is -3.88. The zero-order valence-electron chi connectivity index (χ0n) is 21.2. The summed E-state index contributed by atoms with van der Waals surface area (Å²) in [5, 5.41) is 14.5. The Labute approximate surface area is 211 Å². The van der Waals surface area contributed by atoms with Crippen LogP contribution in [0.2, 0.25) is 0 Å². The monoisotopic (exact) mass is 491 g/mol. The molecule has 0 fully saturated rings. The fraction of sp³-hybridized carbons (Fsp3) is 0.407. The van der Waals surface area contributed by atoms with Crippen LogP contribution in [0, 0.1) is 5.92 Å². The van der Waals surface area contributed by atoms with Crippen LogP contribution in [0.5, 0.6) is 11.5 Å². The minimum Gasteiger partial charge on any atom is -0.497 e. The number of methoxy groups -OCH3 is 2. The van der Waals surface area contributed by atoms with Gasteiger partial charge in [0.05, 0.1) is 14.2 Å². The van der Waals surface area contributed by atoms with Gasteiger partial charge in [0.15, 0.2) is 5.82 Å².